The van der Waals surface area contributed by atoms with Crippen LogP contribution < -0.4 is 28.9 Å². The van der Waals surface area contributed by atoms with Gasteiger partial charge < -0.3 is 86.7 Å². The van der Waals surface area contributed by atoms with Gasteiger partial charge >= 0.3 is 18.3 Å². The van der Waals surface area contributed by atoms with E-state index in [4.69, 9.17) is 57.6 Å². The van der Waals surface area contributed by atoms with Crippen molar-refractivity contribution in [2.75, 3.05) is 175 Å². The van der Waals surface area contributed by atoms with Crippen molar-refractivity contribution in [1.29, 1.82) is 0 Å². The first-order valence-corrected chi connectivity index (χ1v) is 41.6. The molecule has 0 N–H and O–H groups in total. The quantitative estimate of drug-likeness (QED) is 0.0308. The largest absolute Gasteiger partial charge is 0.486 e. The second kappa shape index (κ2) is 42.7. The summed E-state index contributed by atoms with van der Waals surface area (Å²) in [5.74, 6) is -13.1. The van der Waals surface area contributed by atoms with Gasteiger partial charge in [-0.05, 0) is 119 Å². The molecule has 12 rings (SSSR count). The molecule has 129 heavy (non-hydrogen) atoms. The summed E-state index contributed by atoms with van der Waals surface area (Å²) in [6.07, 6.45) is 0.726. The van der Waals surface area contributed by atoms with E-state index in [1.165, 1.54) is 29.4 Å². The second-order valence-corrected chi connectivity index (χ2v) is 34.1. The average Bonchev–Trinajstić information content (AvgIpc) is 0.781. The summed E-state index contributed by atoms with van der Waals surface area (Å²) in [6.45, 7) is 29.1. The van der Waals surface area contributed by atoms with Gasteiger partial charge in [-0.25, -0.2) is 68.8 Å². The van der Waals surface area contributed by atoms with E-state index < -0.39 is 106 Å². The van der Waals surface area contributed by atoms with Crippen molar-refractivity contribution < 1.29 is 111 Å². The van der Waals surface area contributed by atoms with Gasteiger partial charge in [-0.2, -0.15) is 0 Å². The molecule has 9 aromatic rings. The number of morpholine rings is 3. The minimum Gasteiger partial charge on any atom is -0.486 e. The molecule has 3 unspecified atom stereocenters. The molecular weight excluding hydrogens is 1700 g/mol. The van der Waals surface area contributed by atoms with Crippen molar-refractivity contribution in [3.63, 3.8) is 0 Å². The number of ether oxygens (including phenoxy) is 9. The molecule has 3 aliphatic heterocycles. The Kier molecular flexibility index (Phi) is 32.7. The van der Waals surface area contributed by atoms with E-state index in [1.54, 1.807) is 180 Å². The van der Waals surface area contributed by atoms with Crippen LogP contribution in [0, 0.1) is 52.4 Å². The molecule has 3 aromatic heterocycles. The fraction of sp³-hybridized carbons (Fsp3) is 0.467. The highest BCUT2D eigenvalue weighted by molar-refractivity contribution is 6.00. The Labute approximate surface area is 741 Å². The molecule has 3 atom stereocenters. The first-order chi connectivity index (χ1) is 60.7. The molecule has 39 heteroatoms. The summed E-state index contributed by atoms with van der Waals surface area (Å²) in [6, 6.07) is 14.1. The number of carbonyl (C=O) groups excluding carboxylic acids is 6. The highest BCUT2D eigenvalue weighted by atomic mass is 19.2. The lowest BCUT2D eigenvalue weighted by molar-refractivity contribution is 0.0275. The predicted octanol–water partition coefficient (Wildman–Crippen LogP) is 14.9. The maximum atomic E-state index is 13.9. The normalized spacial score (nSPS) is 14.4. The van der Waals surface area contributed by atoms with Gasteiger partial charge in [0, 0.05) is 191 Å². The number of anilines is 3. The Hall–Kier alpha value is -12.4. The summed E-state index contributed by atoms with van der Waals surface area (Å²) in [5, 5.41) is 0. The number of rotatable bonds is 24. The van der Waals surface area contributed by atoms with E-state index in [0.717, 1.165) is 36.4 Å². The summed E-state index contributed by atoms with van der Waals surface area (Å²) in [7, 11) is 9.57. The van der Waals surface area contributed by atoms with Crippen molar-refractivity contribution in [3.05, 3.63) is 177 Å². The first-order valence-electron chi connectivity index (χ1n) is 41.6. The summed E-state index contributed by atoms with van der Waals surface area (Å²) >= 11 is 0. The zero-order valence-electron chi connectivity index (χ0n) is 75.4. The van der Waals surface area contributed by atoms with Crippen LogP contribution in [0.1, 0.15) is 149 Å². The van der Waals surface area contributed by atoms with Crippen LogP contribution in [0.2, 0.25) is 0 Å². The third-order valence-electron chi connectivity index (χ3n) is 20.3. The molecule has 3 saturated heterocycles. The zero-order valence-corrected chi connectivity index (χ0v) is 75.4. The number of nitrogens with zero attached hydrogens (tertiary/aromatic N) is 15. The van der Waals surface area contributed by atoms with Crippen molar-refractivity contribution in [2.24, 2.45) is 0 Å². The minimum absolute atomic E-state index is 0.212. The molecular formula is C90H108F9N15O15. The number of likely N-dealkylation sites (N-methyl/N-ethyl adjacent to an activating group) is 6. The molecule has 6 amide bonds. The third-order valence-corrected chi connectivity index (χ3v) is 20.3. The summed E-state index contributed by atoms with van der Waals surface area (Å²) in [5.41, 5.74) is 2.69. The fourth-order valence-corrected chi connectivity index (χ4v) is 13.3. The lowest BCUT2D eigenvalue weighted by Crippen LogP contribution is -2.40. The fourth-order valence-electron chi connectivity index (χ4n) is 13.3. The Bertz CT molecular complexity index is 4940. The van der Waals surface area contributed by atoms with Gasteiger partial charge in [-0.3, -0.25) is 29.3 Å². The molecule has 696 valence electrons. The molecule has 0 radical (unpaired) electrons. The SMILES string of the molecule is CC(Oc1cc(F)c(F)c(F)c1)c1cc(C(=O)N(C)CCN(C)C(=O)OC(C)(C)C)cc2ncc(N3CCOCC3)nc12.CC(Oc1cc(F)c(F)c(F)c1)c1cc(C(=O)N(C)CCN(C)C(=O)OC(C)(C)C)cc2ncc(N3CCOCC3)nc12.CC(Oc1cc(F)c(F)c(F)c1)c1cc(C(=O)N(C)CCN(C)C(=O)OC(C)(C)C)cc2ncc(N3CCOCC3)nc12. The highest BCUT2D eigenvalue weighted by Gasteiger charge is 2.31. The van der Waals surface area contributed by atoms with Crippen LogP contribution in [0.4, 0.5) is 71.4 Å². The van der Waals surface area contributed by atoms with Crippen molar-refractivity contribution in [3.8, 4) is 17.2 Å². The number of benzene rings is 6. The van der Waals surface area contributed by atoms with Gasteiger partial charge in [-0.15, -0.1) is 0 Å². The van der Waals surface area contributed by atoms with Crippen molar-refractivity contribution in [1.82, 2.24) is 59.3 Å². The maximum Gasteiger partial charge on any atom is 0.410 e. The smallest absolute Gasteiger partial charge is 0.410 e. The van der Waals surface area contributed by atoms with E-state index >= 15 is 0 Å². The summed E-state index contributed by atoms with van der Waals surface area (Å²) < 4.78 is 174. The van der Waals surface area contributed by atoms with E-state index in [0.29, 0.717) is 146 Å². The lowest BCUT2D eigenvalue weighted by atomic mass is 10.0. The number of aromatic nitrogens is 6. The van der Waals surface area contributed by atoms with E-state index in [1.807, 2.05) is 14.7 Å². The third kappa shape index (κ3) is 26.7. The number of hydrogen-bond acceptors (Lipinski definition) is 24. The van der Waals surface area contributed by atoms with Crippen molar-refractivity contribution >= 4 is 86.6 Å². The molecule has 6 aromatic carbocycles. The van der Waals surface area contributed by atoms with Crippen LogP contribution in [0.25, 0.3) is 33.1 Å². The van der Waals surface area contributed by atoms with E-state index in [-0.39, 0.29) is 90.9 Å². The Balaban J connectivity index is 0.000000201. The number of carbonyl (C=O) groups is 6. The standard InChI is InChI=1S/3C30H36F3N5O5/c3*1-18(42-20-15-22(31)26(33)23(32)16-20)21-13-19(28(39)36(5)7-8-37(6)29(40)43-30(2,3)4)14-24-27(21)35-25(17-34-24)38-9-11-41-12-10-38/h3*13-18H,7-12H2,1-6H3. The van der Waals surface area contributed by atoms with Crippen molar-refractivity contribution in [2.45, 2.75) is 118 Å². The first kappa shape index (κ1) is 98.8. The Morgan fingerprint density at radius 2 is 0.550 bits per heavy atom. The Morgan fingerprint density at radius 1 is 0.341 bits per heavy atom. The maximum absolute atomic E-state index is 13.9. The van der Waals surface area contributed by atoms with Crippen LogP contribution >= 0.6 is 0 Å². The molecule has 6 heterocycles. The molecule has 3 aliphatic rings. The lowest BCUT2D eigenvalue weighted by Gasteiger charge is -2.28. The van der Waals surface area contributed by atoms with Crippen LogP contribution in [0.5, 0.6) is 17.2 Å². The van der Waals surface area contributed by atoms with Gasteiger partial charge in [0.25, 0.3) is 17.7 Å². The number of hydrogen-bond donors (Lipinski definition) is 0. The molecule has 0 aliphatic carbocycles. The van der Waals surface area contributed by atoms with E-state index in [9.17, 15) is 68.3 Å². The second-order valence-electron chi connectivity index (χ2n) is 34.1. The number of halogens is 9. The predicted molar refractivity (Wildman–Crippen MR) is 461 cm³/mol. The monoisotopic (exact) mass is 1810 g/mol. The average molecular weight is 1810 g/mol. The number of fused-ring (bicyclic) bond motifs is 3. The molecule has 0 bridgehead atoms. The van der Waals surface area contributed by atoms with Gasteiger partial charge in [-0.1, -0.05) is 0 Å². The van der Waals surface area contributed by atoms with Gasteiger partial charge in [0.15, 0.2) is 52.4 Å². The van der Waals surface area contributed by atoms with Gasteiger partial charge in [0.1, 0.15) is 69.8 Å². The number of amides is 6. The van der Waals surface area contributed by atoms with Crippen LogP contribution in [-0.2, 0) is 28.4 Å². The minimum atomic E-state index is -1.60. The van der Waals surface area contributed by atoms with Crippen LogP contribution in [-0.4, -0.2) is 273 Å². The molecule has 0 spiro atoms. The van der Waals surface area contributed by atoms with E-state index in [2.05, 4.69) is 15.0 Å². The Morgan fingerprint density at radius 3 is 0.760 bits per heavy atom. The van der Waals surface area contributed by atoms with Crippen LogP contribution in [0.3, 0.4) is 0 Å². The zero-order chi connectivity index (χ0) is 94.4. The topological polar surface area (TPSA) is 292 Å². The van der Waals surface area contributed by atoms with Gasteiger partial charge in [0.05, 0.1) is 91.3 Å². The van der Waals surface area contributed by atoms with Gasteiger partial charge in [0.2, 0.25) is 0 Å². The molecule has 30 nitrogen and oxygen atoms in total. The molecule has 0 saturated carbocycles. The molecule has 3 fully saturated rings. The highest BCUT2D eigenvalue weighted by Crippen LogP contribution is 2.37. The summed E-state index contributed by atoms with van der Waals surface area (Å²) in [4.78, 5) is 120. The van der Waals surface area contributed by atoms with Crippen LogP contribution in [0.15, 0.2) is 91.4 Å².